The molecule has 20 heavy (non-hydrogen) atoms. The highest BCUT2D eigenvalue weighted by Crippen LogP contribution is 2.46. The van der Waals surface area contributed by atoms with Crippen molar-refractivity contribution in [3.63, 3.8) is 0 Å². The molecule has 10 nitrogen and oxygen atoms in total. The van der Waals surface area contributed by atoms with Crippen LogP contribution in [0.1, 0.15) is 0 Å². The number of rotatable bonds is 4. The lowest BCUT2D eigenvalue weighted by atomic mass is 9.55. The van der Waals surface area contributed by atoms with Crippen molar-refractivity contribution in [2.45, 2.75) is 0 Å². The van der Waals surface area contributed by atoms with Crippen LogP contribution in [0, 0.1) is 46.6 Å². The average molecular weight is 278 g/mol. The van der Waals surface area contributed by atoms with E-state index < -0.39 is 47.3 Å². The minimum Gasteiger partial charge on any atom is -0.369 e. The molecule has 4 amide bonds. The Bertz CT molecular complexity index is 537. The van der Waals surface area contributed by atoms with Crippen LogP contribution in [-0.2, 0) is 19.2 Å². The molecule has 0 saturated heterocycles. The fraction of sp³-hybridized carbons (Fsp3) is 0.400. The summed E-state index contributed by atoms with van der Waals surface area (Å²) in [6, 6.07) is 0. The number of nitriles is 2. The van der Waals surface area contributed by atoms with Gasteiger partial charge in [0.25, 0.3) is 5.91 Å². The fourth-order valence-corrected chi connectivity index (χ4v) is 2.39. The molecule has 0 aromatic rings. The lowest BCUT2D eigenvalue weighted by Crippen LogP contribution is -2.65. The molecule has 0 spiro atoms. The highest BCUT2D eigenvalue weighted by atomic mass is 16.2. The molecule has 0 aromatic carbocycles. The van der Waals surface area contributed by atoms with E-state index in [1.165, 1.54) is 12.4 Å². The second-order valence-electron chi connectivity index (χ2n) is 4.18. The molecule has 1 aliphatic carbocycles. The van der Waals surface area contributed by atoms with Gasteiger partial charge in [0.05, 0.1) is 23.7 Å². The third-order valence-electron chi connectivity index (χ3n) is 3.24. The van der Waals surface area contributed by atoms with E-state index in [9.17, 15) is 19.2 Å². The predicted molar refractivity (Wildman–Crippen MR) is 59.6 cm³/mol. The number of nitrogens with two attached hydrogens (primary N) is 3. The third-order valence-corrected chi connectivity index (χ3v) is 3.24. The first kappa shape index (κ1) is 14.9. The van der Waals surface area contributed by atoms with Gasteiger partial charge in [-0.15, -0.1) is 4.90 Å². The third kappa shape index (κ3) is 2.10. The Morgan fingerprint density at radius 2 is 1.05 bits per heavy atom. The summed E-state index contributed by atoms with van der Waals surface area (Å²) in [5.41, 5.74) is 15.2. The van der Waals surface area contributed by atoms with Crippen LogP contribution in [0.2, 0.25) is 0 Å². The van der Waals surface area contributed by atoms with E-state index in [0.717, 1.165) is 0 Å². The maximum Gasteiger partial charge on any atom is 0.254 e. The maximum atomic E-state index is 11.9. The fourth-order valence-electron chi connectivity index (χ4n) is 2.39. The van der Waals surface area contributed by atoms with Crippen molar-refractivity contribution in [3.05, 3.63) is 0 Å². The molecule has 0 heterocycles. The monoisotopic (exact) mass is 278 g/mol. The zero-order chi connectivity index (χ0) is 15.6. The molecule has 1 rings (SSSR count). The van der Waals surface area contributed by atoms with Crippen LogP contribution in [0.15, 0.2) is 0 Å². The van der Waals surface area contributed by atoms with Crippen molar-refractivity contribution in [2.24, 2.45) is 40.9 Å². The summed E-state index contributed by atoms with van der Waals surface area (Å²) in [4.78, 5) is 45.8. The molecule has 2 atom stereocenters. The summed E-state index contributed by atoms with van der Waals surface area (Å²) in [5, 5.41) is 17.2. The van der Waals surface area contributed by atoms with E-state index >= 15 is 0 Å². The molecule has 6 N–H and O–H groups in total. The van der Waals surface area contributed by atoms with Gasteiger partial charge in [0.1, 0.15) is 0 Å². The van der Waals surface area contributed by atoms with Crippen LogP contribution in [-0.4, -0.2) is 28.5 Å². The summed E-state index contributed by atoms with van der Waals surface area (Å²) in [6.45, 7) is 0. The second kappa shape index (κ2) is 5.24. The van der Waals surface area contributed by atoms with Crippen molar-refractivity contribution in [2.75, 3.05) is 0 Å². The SMILES string of the molecule is N#CN(C#N)C(=O)C1C(C(N)=O)C(C(N)=O)C1C(N)=O. The summed E-state index contributed by atoms with van der Waals surface area (Å²) in [7, 11) is 0. The van der Waals surface area contributed by atoms with Crippen molar-refractivity contribution >= 4 is 23.6 Å². The molecule has 0 aromatic heterocycles. The molecule has 1 fully saturated rings. The molecule has 104 valence electrons. The highest BCUT2D eigenvalue weighted by Gasteiger charge is 2.62. The van der Waals surface area contributed by atoms with E-state index in [2.05, 4.69) is 0 Å². The van der Waals surface area contributed by atoms with Gasteiger partial charge in [-0.05, 0) is 0 Å². The molecule has 10 heteroatoms. The van der Waals surface area contributed by atoms with Gasteiger partial charge in [0.15, 0.2) is 0 Å². The molecule has 0 bridgehead atoms. The lowest BCUT2D eigenvalue weighted by Gasteiger charge is -2.45. The zero-order valence-corrected chi connectivity index (χ0v) is 10.0. The second-order valence-corrected chi connectivity index (χ2v) is 4.18. The Balaban J connectivity index is 3.21. The topological polar surface area (TPSA) is 197 Å². The normalized spacial score (nSPS) is 27.3. The first-order chi connectivity index (χ1) is 9.27. The predicted octanol–water partition coefficient (Wildman–Crippen LogP) is -3.29. The summed E-state index contributed by atoms with van der Waals surface area (Å²) < 4.78 is 0. The zero-order valence-electron chi connectivity index (χ0n) is 10.0. The average Bonchev–Trinajstić information content (AvgIpc) is 2.27. The molecule has 1 saturated carbocycles. The number of hydrogen-bond donors (Lipinski definition) is 3. The van der Waals surface area contributed by atoms with Crippen LogP contribution in [0.25, 0.3) is 0 Å². The minimum absolute atomic E-state index is 0.0771. The smallest absolute Gasteiger partial charge is 0.254 e. The summed E-state index contributed by atoms with van der Waals surface area (Å²) in [5.74, 6) is -9.73. The Morgan fingerprint density at radius 3 is 1.30 bits per heavy atom. The minimum atomic E-state index is -1.44. The van der Waals surface area contributed by atoms with Crippen LogP contribution in [0.3, 0.4) is 0 Å². The highest BCUT2D eigenvalue weighted by molar-refractivity contribution is 6.01. The van der Waals surface area contributed by atoms with Gasteiger partial charge < -0.3 is 17.2 Å². The number of hydrogen-bond acceptors (Lipinski definition) is 6. The van der Waals surface area contributed by atoms with E-state index in [1.54, 1.807) is 0 Å². The van der Waals surface area contributed by atoms with Gasteiger partial charge in [0, 0.05) is 0 Å². The molecule has 0 aliphatic heterocycles. The van der Waals surface area contributed by atoms with E-state index in [4.69, 9.17) is 27.7 Å². The van der Waals surface area contributed by atoms with E-state index in [0.29, 0.717) is 0 Å². The van der Waals surface area contributed by atoms with Crippen molar-refractivity contribution in [1.82, 2.24) is 4.90 Å². The van der Waals surface area contributed by atoms with Crippen LogP contribution in [0.4, 0.5) is 0 Å². The molecular formula is C10H10N6O4. The van der Waals surface area contributed by atoms with Gasteiger partial charge in [-0.3, -0.25) is 19.2 Å². The van der Waals surface area contributed by atoms with Gasteiger partial charge in [-0.2, -0.15) is 10.5 Å². The van der Waals surface area contributed by atoms with E-state index in [-0.39, 0.29) is 4.90 Å². The van der Waals surface area contributed by atoms with Gasteiger partial charge in [0.2, 0.25) is 30.1 Å². The number of nitrogens with zero attached hydrogens (tertiary/aromatic N) is 3. The first-order valence-electron chi connectivity index (χ1n) is 5.29. The Kier molecular flexibility index (Phi) is 3.91. The molecule has 0 radical (unpaired) electrons. The van der Waals surface area contributed by atoms with Gasteiger partial charge >= 0.3 is 0 Å². The number of primary amides is 3. The largest absolute Gasteiger partial charge is 0.369 e. The van der Waals surface area contributed by atoms with Crippen molar-refractivity contribution < 1.29 is 19.2 Å². The van der Waals surface area contributed by atoms with Crippen LogP contribution in [0.5, 0.6) is 0 Å². The lowest BCUT2D eigenvalue weighted by molar-refractivity contribution is -0.166. The quantitative estimate of drug-likeness (QED) is 0.355. The van der Waals surface area contributed by atoms with E-state index in [1.807, 2.05) is 0 Å². The Hall–Kier alpha value is -3.14. The van der Waals surface area contributed by atoms with Crippen molar-refractivity contribution in [1.29, 1.82) is 10.5 Å². The standard InChI is InChI=1S/C10H10N6O4/c11-1-16(2-12)10(20)6-4(8(14)18)3(7(13)17)5(6)9(15)19/h3-6H,(H2,13,17)(H2,14,18)(H2,15,19). The van der Waals surface area contributed by atoms with Crippen LogP contribution >= 0.6 is 0 Å². The number of amides is 4. The summed E-state index contributed by atoms with van der Waals surface area (Å²) in [6.07, 6.45) is 2.53. The summed E-state index contributed by atoms with van der Waals surface area (Å²) >= 11 is 0. The molecule has 1 aliphatic rings. The Morgan fingerprint density at radius 1 is 0.750 bits per heavy atom. The Labute approximate surface area is 112 Å². The number of carbonyl (C=O) groups excluding carboxylic acids is 4. The number of carbonyl (C=O) groups is 4. The van der Waals surface area contributed by atoms with Crippen LogP contribution < -0.4 is 17.2 Å². The van der Waals surface area contributed by atoms with Crippen molar-refractivity contribution in [3.8, 4) is 12.4 Å². The van der Waals surface area contributed by atoms with Gasteiger partial charge in [-0.25, -0.2) is 0 Å². The maximum absolute atomic E-state index is 11.9. The molecule has 2 unspecified atom stereocenters. The first-order valence-corrected chi connectivity index (χ1v) is 5.29. The van der Waals surface area contributed by atoms with Gasteiger partial charge in [-0.1, -0.05) is 0 Å². The molecular weight excluding hydrogens is 268 g/mol.